The van der Waals surface area contributed by atoms with E-state index >= 15 is 0 Å². The standard InChI is InChI=1S/C14H19FN2O3/c1-9-5-6-11(15)12(8-9)17-14(20)16-7-3-4-10(2)13(18)19/h5-6,8,10H,3-4,7H2,1-2H3,(H,18,19)(H2,16,17,20). The lowest BCUT2D eigenvalue weighted by Crippen LogP contribution is -2.30. The van der Waals surface area contributed by atoms with Gasteiger partial charge in [0.1, 0.15) is 5.82 Å². The van der Waals surface area contributed by atoms with Crippen molar-refractivity contribution in [1.82, 2.24) is 5.32 Å². The van der Waals surface area contributed by atoms with Gasteiger partial charge in [0.05, 0.1) is 11.6 Å². The Balaban J connectivity index is 2.34. The van der Waals surface area contributed by atoms with Gasteiger partial charge in [0, 0.05) is 6.54 Å². The molecule has 0 radical (unpaired) electrons. The number of hydrogen-bond donors (Lipinski definition) is 3. The average Bonchev–Trinajstić information content (AvgIpc) is 2.38. The Morgan fingerprint density at radius 2 is 2.10 bits per heavy atom. The quantitative estimate of drug-likeness (QED) is 0.702. The number of aryl methyl sites for hydroxylation is 1. The van der Waals surface area contributed by atoms with Crippen molar-refractivity contribution in [2.45, 2.75) is 26.7 Å². The van der Waals surface area contributed by atoms with Crippen molar-refractivity contribution in [1.29, 1.82) is 0 Å². The number of rotatable bonds is 6. The van der Waals surface area contributed by atoms with Crippen molar-refractivity contribution in [2.75, 3.05) is 11.9 Å². The summed E-state index contributed by atoms with van der Waals surface area (Å²) in [5, 5.41) is 13.7. The van der Waals surface area contributed by atoms with Gasteiger partial charge in [-0.15, -0.1) is 0 Å². The number of carboxylic acid groups (broad SMARTS) is 1. The fraction of sp³-hybridized carbons (Fsp3) is 0.429. The number of halogens is 1. The lowest BCUT2D eigenvalue weighted by atomic mass is 10.1. The molecular formula is C14H19FN2O3. The van der Waals surface area contributed by atoms with Crippen LogP contribution >= 0.6 is 0 Å². The first-order valence-electron chi connectivity index (χ1n) is 6.44. The number of urea groups is 1. The van der Waals surface area contributed by atoms with E-state index in [4.69, 9.17) is 5.11 Å². The van der Waals surface area contributed by atoms with Gasteiger partial charge in [0.2, 0.25) is 0 Å². The summed E-state index contributed by atoms with van der Waals surface area (Å²) in [6.45, 7) is 3.76. The maximum absolute atomic E-state index is 13.4. The van der Waals surface area contributed by atoms with E-state index in [0.717, 1.165) is 5.56 Å². The van der Waals surface area contributed by atoms with E-state index in [9.17, 15) is 14.0 Å². The van der Waals surface area contributed by atoms with Crippen LogP contribution in [0.5, 0.6) is 0 Å². The molecule has 0 heterocycles. The number of aliphatic carboxylic acids is 1. The molecule has 20 heavy (non-hydrogen) atoms. The fourth-order valence-corrected chi connectivity index (χ4v) is 1.64. The lowest BCUT2D eigenvalue weighted by molar-refractivity contribution is -0.141. The van der Waals surface area contributed by atoms with Crippen molar-refractivity contribution >= 4 is 17.7 Å². The molecule has 1 atom stereocenters. The summed E-state index contributed by atoms with van der Waals surface area (Å²) in [6, 6.07) is 3.95. The molecule has 0 aliphatic rings. The Bertz CT molecular complexity index is 491. The fourth-order valence-electron chi connectivity index (χ4n) is 1.64. The van der Waals surface area contributed by atoms with E-state index in [1.165, 1.54) is 6.07 Å². The molecule has 3 N–H and O–H groups in total. The highest BCUT2D eigenvalue weighted by Crippen LogP contribution is 2.15. The second-order valence-corrected chi connectivity index (χ2v) is 4.75. The minimum absolute atomic E-state index is 0.126. The molecule has 6 heteroatoms. The minimum Gasteiger partial charge on any atom is -0.481 e. The van der Waals surface area contributed by atoms with Gasteiger partial charge in [-0.25, -0.2) is 9.18 Å². The van der Waals surface area contributed by atoms with E-state index in [1.807, 2.05) is 0 Å². The van der Waals surface area contributed by atoms with E-state index in [1.54, 1.807) is 26.0 Å². The summed E-state index contributed by atoms with van der Waals surface area (Å²) >= 11 is 0. The molecular weight excluding hydrogens is 263 g/mol. The van der Waals surface area contributed by atoms with Crippen LogP contribution < -0.4 is 10.6 Å². The predicted octanol–water partition coefficient (Wildman–Crippen LogP) is 2.76. The normalized spacial score (nSPS) is 11.8. The summed E-state index contributed by atoms with van der Waals surface area (Å²) < 4.78 is 13.4. The van der Waals surface area contributed by atoms with Gasteiger partial charge in [-0.3, -0.25) is 4.79 Å². The van der Waals surface area contributed by atoms with Crippen LogP contribution in [-0.2, 0) is 4.79 Å². The molecule has 0 saturated heterocycles. The highest BCUT2D eigenvalue weighted by Gasteiger charge is 2.10. The first-order chi connectivity index (χ1) is 9.40. The number of carbonyl (C=O) groups is 2. The van der Waals surface area contributed by atoms with Gasteiger partial charge < -0.3 is 15.7 Å². The zero-order valence-electron chi connectivity index (χ0n) is 11.6. The molecule has 2 amide bonds. The van der Waals surface area contributed by atoms with E-state index < -0.39 is 23.7 Å². The van der Waals surface area contributed by atoms with Gasteiger partial charge in [0.25, 0.3) is 0 Å². The number of nitrogens with one attached hydrogen (secondary N) is 2. The van der Waals surface area contributed by atoms with Crippen LogP contribution in [-0.4, -0.2) is 23.7 Å². The Kier molecular flexibility index (Phi) is 5.96. The number of hydrogen-bond acceptors (Lipinski definition) is 2. The topological polar surface area (TPSA) is 78.4 Å². The van der Waals surface area contributed by atoms with Crippen molar-refractivity contribution in [3.05, 3.63) is 29.6 Å². The zero-order chi connectivity index (χ0) is 15.1. The maximum Gasteiger partial charge on any atom is 0.319 e. The average molecular weight is 282 g/mol. The number of carbonyl (C=O) groups excluding carboxylic acids is 1. The van der Waals surface area contributed by atoms with Crippen LogP contribution in [0, 0.1) is 18.7 Å². The Morgan fingerprint density at radius 1 is 1.40 bits per heavy atom. The highest BCUT2D eigenvalue weighted by atomic mass is 19.1. The summed E-state index contributed by atoms with van der Waals surface area (Å²) in [5.41, 5.74) is 0.971. The zero-order valence-corrected chi connectivity index (χ0v) is 11.6. The van der Waals surface area contributed by atoms with Crippen LogP contribution in [0.15, 0.2) is 18.2 Å². The molecule has 0 aliphatic carbocycles. The van der Waals surface area contributed by atoms with Crippen molar-refractivity contribution in [3.8, 4) is 0 Å². The summed E-state index contributed by atoms with van der Waals surface area (Å²) in [5.74, 6) is -1.78. The van der Waals surface area contributed by atoms with Crippen LogP contribution in [0.4, 0.5) is 14.9 Å². The molecule has 0 fully saturated rings. The lowest BCUT2D eigenvalue weighted by Gasteiger charge is -2.10. The van der Waals surface area contributed by atoms with Crippen molar-refractivity contribution < 1.29 is 19.1 Å². The second kappa shape index (κ2) is 7.47. The number of carboxylic acids is 1. The Morgan fingerprint density at radius 3 is 2.75 bits per heavy atom. The molecule has 1 rings (SSSR count). The number of anilines is 1. The largest absolute Gasteiger partial charge is 0.481 e. The molecule has 0 bridgehead atoms. The third-order valence-corrected chi connectivity index (χ3v) is 2.89. The number of amides is 2. The van der Waals surface area contributed by atoms with Crippen LogP contribution in [0.25, 0.3) is 0 Å². The number of benzene rings is 1. The van der Waals surface area contributed by atoms with E-state index in [0.29, 0.717) is 19.4 Å². The molecule has 110 valence electrons. The molecule has 0 aromatic heterocycles. The molecule has 1 aromatic rings. The van der Waals surface area contributed by atoms with Gasteiger partial charge in [0.15, 0.2) is 0 Å². The first-order valence-corrected chi connectivity index (χ1v) is 6.44. The smallest absolute Gasteiger partial charge is 0.319 e. The van der Waals surface area contributed by atoms with Crippen molar-refractivity contribution in [3.63, 3.8) is 0 Å². The molecule has 1 unspecified atom stereocenters. The van der Waals surface area contributed by atoms with Crippen LogP contribution in [0.1, 0.15) is 25.3 Å². The summed E-state index contributed by atoms with van der Waals surface area (Å²) in [6.07, 6.45) is 1.03. The first kappa shape index (κ1) is 15.9. The molecule has 5 nitrogen and oxygen atoms in total. The monoisotopic (exact) mass is 282 g/mol. The Labute approximate surface area is 117 Å². The summed E-state index contributed by atoms with van der Waals surface area (Å²) in [4.78, 5) is 22.1. The van der Waals surface area contributed by atoms with Gasteiger partial charge in [-0.1, -0.05) is 13.0 Å². The third-order valence-electron chi connectivity index (χ3n) is 2.89. The maximum atomic E-state index is 13.4. The molecule has 0 aliphatic heterocycles. The van der Waals surface area contributed by atoms with E-state index in [2.05, 4.69) is 10.6 Å². The van der Waals surface area contributed by atoms with Gasteiger partial charge in [-0.2, -0.15) is 0 Å². The van der Waals surface area contributed by atoms with Crippen molar-refractivity contribution in [2.24, 2.45) is 5.92 Å². The second-order valence-electron chi connectivity index (χ2n) is 4.75. The summed E-state index contributed by atoms with van der Waals surface area (Å²) in [7, 11) is 0. The molecule has 1 aromatic carbocycles. The van der Waals surface area contributed by atoms with Gasteiger partial charge >= 0.3 is 12.0 Å². The predicted molar refractivity (Wildman–Crippen MR) is 74.2 cm³/mol. The van der Waals surface area contributed by atoms with E-state index in [-0.39, 0.29) is 5.69 Å². The SMILES string of the molecule is Cc1ccc(F)c(NC(=O)NCCCC(C)C(=O)O)c1. The highest BCUT2D eigenvalue weighted by molar-refractivity contribution is 5.89. The molecule has 0 saturated carbocycles. The van der Waals surface area contributed by atoms with Crippen LogP contribution in [0.3, 0.4) is 0 Å². The van der Waals surface area contributed by atoms with Gasteiger partial charge in [-0.05, 0) is 37.5 Å². The van der Waals surface area contributed by atoms with Crippen LogP contribution in [0.2, 0.25) is 0 Å². The minimum atomic E-state index is -0.851. The Hall–Kier alpha value is -2.11. The molecule has 0 spiro atoms. The third kappa shape index (κ3) is 5.26.